The SMILES string of the molecule is C[C@@H]1CCCN(S(=O)(=O)N2CC[C@H](C(=O)O)C2)C1. The second kappa shape index (κ2) is 5.14. The van der Waals surface area contributed by atoms with Crippen LogP contribution in [0.5, 0.6) is 0 Å². The molecule has 7 heteroatoms. The number of hydrogen-bond acceptors (Lipinski definition) is 3. The molecule has 2 saturated heterocycles. The van der Waals surface area contributed by atoms with Crippen molar-refractivity contribution in [1.29, 1.82) is 0 Å². The number of carboxylic acid groups (broad SMARTS) is 1. The van der Waals surface area contributed by atoms with Gasteiger partial charge in [-0.05, 0) is 25.2 Å². The molecule has 0 spiro atoms. The van der Waals surface area contributed by atoms with Crippen LogP contribution in [0.1, 0.15) is 26.2 Å². The van der Waals surface area contributed by atoms with E-state index in [4.69, 9.17) is 5.11 Å². The van der Waals surface area contributed by atoms with Gasteiger partial charge in [-0.2, -0.15) is 17.0 Å². The van der Waals surface area contributed by atoms with E-state index in [-0.39, 0.29) is 6.54 Å². The van der Waals surface area contributed by atoms with Crippen LogP contribution in [0.4, 0.5) is 0 Å². The van der Waals surface area contributed by atoms with Gasteiger partial charge in [0.15, 0.2) is 0 Å². The highest BCUT2D eigenvalue weighted by molar-refractivity contribution is 7.86. The van der Waals surface area contributed by atoms with Crippen LogP contribution in [0.15, 0.2) is 0 Å². The highest BCUT2D eigenvalue weighted by atomic mass is 32.2. The minimum atomic E-state index is -3.46. The van der Waals surface area contributed by atoms with Crippen LogP contribution in [0.25, 0.3) is 0 Å². The van der Waals surface area contributed by atoms with Gasteiger partial charge in [0.05, 0.1) is 5.92 Å². The molecule has 0 aliphatic carbocycles. The van der Waals surface area contributed by atoms with Crippen molar-refractivity contribution >= 4 is 16.2 Å². The quantitative estimate of drug-likeness (QED) is 0.808. The molecule has 0 aromatic rings. The monoisotopic (exact) mass is 276 g/mol. The Labute approximate surface area is 108 Å². The molecule has 2 aliphatic rings. The molecule has 0 aromatic heterocycles. The molecule has 0 unspecified atom stereocenters. The van der Waals surface area contributed by atoms with Gasteiger partial charge >= 0.3 is 5.97 Å². The summed E-state index contributed by atoms with van der Waals surface area (Å²) in [6, 6.07) is 0. The van der Waals surface area contributed by atoms with Crippen molar-refractivity contribution in [1.82, 2.24) is 8.61 Å². The molecule has 2 fully saturated rings. The fourth-order valence-electron chi connectivity index (χ4n) is 2.66. The smallest absolute Gasteiger partial charge is 0.307 e. The van der Waals surface area contributed by atoms with Crippen LogP contribution < -0.4 is 0 Å². The number of carboxylic acids is 1. The summed E-state index contributed by atoms with van der Waals surface area (Å²) in [5.41, 5.74) is 0. The van der Waals surface area contributed by atoms with Crippen LogP contribution in [0, 0.1) is 11.8 Å². The van der Waals surface area contributed by atoms with Gasteiger partial charge < -0.3 is 5.11 Å². The lowest BCUT2D eigenvalue weighted by Gasteiger charge is -2.32. The maximum Gasteiger partial charge on any atom is 0.307 e. The summed E-state index contributed by atoms with van der Waals surface area (Å²) in [5.74, 6) is -1.08. The Hall–Kier alpha value is -0.660. The molecule has 1 N–H and O–H groups in total. The van der Waals surface area contributed by atoms with Crippen molar-refractivity contribution in [2.24, 2.45) is 11.8 Å². The van der Waals surface area contributed by atoms with E-state index in [1.165, 1.54) is 8.61 Å². The first-order valence-corrected chi connectivity index (χ1v) is 7.79. The molecule has 104 valence electrons. The van der Waals surface area contributed by atoms with Crippen molar-refractivity contribution in [3.63, 3.8) is 0 Å². The number of nitrogens with zero attached hydrogens (tertiary/aromatic N) is 2. The average Bonchev–Trinajstić information content (AvgIpc) is 2.79. The van der Waals surface area contributed by atoms with Crippen LogP contribution >= 0.6 is 0 Å². The Morgan fingerprint density at radius 3 is 2.39 bits per heavy atom. The number of piperidine rings is 1. The molecule has 18 heavy (non-hydrogen) atoms. The minimum absolute atomic E-state index is 0.114. The maximum atomic E-state index is 12.4. The van der Waals surface area contributed by atoms with Crippen LogP contribution in [0.3, 0.4) is 0 Å². The van der Waals surface area contributed by atoms with E-state index in [1.54, 1.807) is 0 Å². The van der Waals surface area contributed by atoms with Gasteiger partial charge in [-0.3, -0.25) is 4.79 Å². The first-order valence-electron chi connectivity index (χ1n) is 6.39. The van der Waals surface area contributed by atoms with Crippen molar-refractivity contribution < 1.29 is 18.3 Å². The van der Waals surface area contributed by atoms with Gasteiger partial charge in [0, 0.05) is 26.2 Å². The van der Waals surface area contributed by atoms with E-state index in [0.29, 0.717) is 32.0 Å². The first-order chi connectivity index (χ1) is 8.41. The Morgan fingerprint density at radius 1 is 1.17 bits per heavy atom. The van der Waals surface area contributed by atoms with Gasteiger partial charge in [-0.25, -0.2) is 0 Å². The first kappa shape index (κ1) is 13.8. The molecule has 0 saturated carbocycles. The van der Waals surface area contributed by atoms with Crippen LogP contribution in [-0.2, 0) is 15.0 Å². The largest absolute Gasteiger partial charge is 0.481 e. The summed E-state index contributed by atoms with van der Waals surface area (Å²) >= 11 is 0. The zero-order chi connectivity index (χ0) is 13.3. The Balaban J connectivity index is 2.05. The van der Waals surface area contributed by atoms with Crippen molar-refractivity contribution in [2.45, 2.75) is 26.2 Å². The van der Waals surface area contributed by atoms with E-state index >= 15 is 0 Å². The second-order valence-electron chi connectivity index (χ2n) is 5.30. The van der Waals surface area contributed by atoms with E-state index in [2.05, 4.69) is 0 Å². The predicted molar refractivity (Wildman–Crippen MR) is 66.2 cm³/mol. The molecule has 2 heterocycles. The third-order valence-corrected chi connectivity index (χ3v) is 5.74. The zero-order valence-electron chi connectivity index (χ0n) is 10.6. The molecular formula is C11H20N2O4S. The maximum absolute atomic E-state index is 12.4. The number of aliphatic carboxylic acids is 1. The topological polar surface area (TPSA) is 77.9 Å². The van der Waals surface area contributed by atoms with E-state index in [9.17, 15) is 13.2 Å². The van der Waals surface area contributed by atoms with Gasteiger partial charge in [-0.15, -0.1) is 0 Å². The summed E-state index contributed by atoms with van der Waals surface area (Å²) in [4.78, 5) is 10.9. The van der Waals surface area contributed by atoms with Crippen molar-refractivity contribution in [3.8, 4) is 0 Å². The molecule has 2 aliphatic heterocycles. The van der Waals surface area contributed by atoms with E-state index < -0.39 is 22.1 Å². The Kier molecular flexibility index (Phi) is 3.93. The number of hydrogen-bond donors (Lipinski definition) is 1. The lowest BCUT2D eigenvalue weighted by atomic mass is 10.0. The molecule has 2 atom stereocenters. The highest BCUT2D eigenvalue weighted by Crippen LogP contribution is 2.25. The average molecular weight is 276 g/mol. The van der Waals surface area contributed by atoms with Crippen molar-refractivity contribution in [2.75, 3.05) is 26.2 Å². The van der Waals surface area contributed by atoms with Gasteiger partial charge in [0.1, 0.15) is 0 Å². The molecule has 0 radical (unpaired) electrons. The molecular weight excluding hydrogens is 256 g/mol. The third kappa shape index (κ3) is 2.67. The van der Waals surface area contributed by atoms with Crippen molar-refractivity contribution in [3.05, 3.63) is 0 Å². The summed E-state index contributed by atoms with van der Waals surface area (Å²) in [6.07, 6.45) is 2.36. The zero-order valence-corrected chi connectivity index (χ0v) is 11.4. The predicted octanol–water partition coefficient (Wildman–Crippen LogP) is 0.370. The van der Waals surface area contributed by atoms with Crippen LogP contribution in [-0.4, -0.2) is 54.3 Å². The summed E-state index contributed by atoms with van der Waals surface area (Å²) in [5, 5.41) is 8.91. The van der Waals surface area contributed by atoms with Crippen LogP contribution in [0.2, 0.25) is 0 Å². The van der Waals surface area contributed by atoms with Gasteiger partial charge in [0.2, 0.25) is 0 Å². The summed E-state index contributed by atoms with van der Waals surface area (Å²) in [7, 11) is -3.46. The molecule has 0 amide bonds. The van der Waals surface area contributed by atoms with E-state index in [1.807, 2.05) is 6.92 Å². The molecule has 6 nitrogen and oxygen atoms in total. The highest BCUT2D eigenvalue weighted by Gasteiger charge is 2.39. The number of carbonyl (C=O) groups is 1. The van der Waals surface area contributed by atoms with Gasteiger partial charge in [0.25, 0.3) is 10.2 Å². The van der Waals surface area contributed by atoms with E-state index in [0.717, 1.165) is 12.8 Å². The third-order valence-electron chi connectivity index (χ3n) is 3.77. The molecule has 0 bridgehead atoms. The Morgan fingerprint density at radius 2 is 1.83 bits per heavy atom. The fraction of sp³-hybridized carbons (Fsp3) is 0.909. The standard InChI is InChI=1S/C11H20N2O4S/c1-9-3-2-5-12(7-9)18(16,17)13-6-4-10(8-13)11(14)15/h9-10H,2-8H2,1H3,(H,14,15)/t9-,10+/m1/s1. The summed E-state index contributed by atoms with van der Waals surface area (Å²) in [6.45, 7) is 3.59. The normalized spacial score (nSPS) is 31.6. The van der Waals surface area contributed by atoms with Gasteiger partial charge in [-0.1, -0.05) is 6.92 Å². The Bertz CT molecular complexity index is 423. The molecule has 2 rings (SSSR count). The minimum Gasteiger partial charge on any atom is -0.481 e. The fourth-order valence-corrected chi connectivity index (χ4v) is 4.49. The lowest BCUT2D eigenvalue weighted by Crippen LogP contribution is -2.47. The summed E-state index contributed by atoms with van der Waals surface area (Å²) < 4.78 is 27.5. The lowest BCUT2D eigenvalue weighted by molar-refractivity contribution is -0.141. The second-order valence-corrected chi connectivity index (χ2v) is 7.22. The number of rotatable bonds is 3. The molecule has 0 aromatic carbocycles.